The molecule has 0 spiro atoms. The normalized spacial score (nSPS) is 11.2. The van der Waals surface area contributed by atoms with Crippen molar-refractivity contribution in [1.82, 2.24) is 19.7 Å². The molecule has 2 aromatic carbocycles. The summed E-state index contributed by atoms with van der Waals surface area (Å²) < 4.78 is 7.59. The summed E-state index contributed by atoms with van der Waals surface area (Å²) in [7, 11) is 0. The van der Waals surface area contributed by atoms with Gasteiger partial charge in [0.1, 0.15) is 23.6 Å². The Kier molecular flexibility index (Phi) is 4.93. The molecule has 0 bridgehead atoms. The van der Waals surface area contributed by atoms with Crippen LogP contribution in [0.1, 0.15) is 36.8 Å². The zero-order valence-electron chi connectivity index (χ0n) is 15.9. The van der Waals surface area contributed by atoms with Crippen LogP contribution in [-0.4, -0.2) is 19.7 Å². The van der Waals surface area contributed by atoms with Crippen LogP contribution in [0, 0.1) is 0 Å². The summed E-state index contributed by atoms with van der Waals surface area (Å²) in [5.74, 6) is 1.43. The number of aromatic nitrogens is 4. The average Bonchev–Trinajstić information content (AvgIpc) is 3.13. The number of hydrogen-bond acceptors (Lipinski definition) is 4. The SMILES string of the molecule is CC(C)n1ncc2c(=O)[nH]c(Cc3ccc(OCc4ccccc4)cc3)nc21. The van der Waals surface area contributed by atoms with Crippen molar-refractivity contribution in [1.29, 1.82) is 0 Å². The van der Waals surface area contributed by atoms with Gasteiger partial charge in [0, 0.05) is 12.5 Å². The molecule has 2 aromatic heterocycles. The molecule has 0 radical (unpaired) electrons. The minimum Gasteiger partial charge on any atom is -0.489 e. The number of ether oxygens (including phenoxy) is 1. The van der Waals surface area contributed by atoms with Crippen molar-refractivity contribution >= 4 is 11.0 Å². The van der Waals surface area contributed by atoms with Gasteiger partial charge in [-0.05, 0) is 37.1 Å². The lowest BCUT2D eigenvalue weighted by Crippen LogP contribution is -2.13. The molecule has 4 rings (SSSR count). The Labute approximate surface area is 162 Å². The van der Waals surface area contributed by atoms with Crippen LogP contribution in [-0.2, 0) is 13.0 Å². The van der Waals surface area contributed by atoms with E-state index in [9.17, 15) is 4.79 Å². The molecule has 1 N–H and O–H groups in total. The molecule has 0 aliphatic rings. The average molecular weight is 374 g/mol. The molecule has 0 fully saturated rings. The maximum absolute atomic E-state index is 12.3. The van der Waals surface area contributed by atoms with Crippen LogP contribution in [0.4, 0.5) is 0 Å². The molecule has 2 heterocycles. The molecule has 0 aliphatic heterocycles. The third-order valence-corrected chi connectivity index (χ3v) is 4.54. The van der Waals surface area contributed by atoms with Gasteiger partial charge >= 0.3 is 0 Å². The van der Waals surface area contributed by atoms with Crippen LogP contribution in [0.5, 0.6) is 5.75 Å². The maximum Gasteiger partial charge on any atom is 0.262 e. The van der Waals surface area contributed by atoms with E-state index >= 15 is 0 Å². The van der Waals surface area contributed by atoms with E-state index in [0.717, 1.165) is 16.9 Å². The van der Waals surface area contributed by atoms with E-state index in [4.69, 9.17) is 4.74 Å². The number of nitrogens with zero attached hydrogens (tertiary/aromatic N) is 3. The van der Waals surface area contributed by atoms with Gasteiger partial charge in [-0.15, -0.1) is 0 Å². The van der Waals surface area contributed by atoms with E-state index in [0.29, 0.717) is 29.9 Å². The predicted molar refractivity (Wildman–Crippen MR) is 109 cm³/mol. The van der Waals surface area contributed by atoms with Gasteiger partial charge in [0.2, 0.25) is 0 Å². The number of fused-ring (bicyclic) bond motifs is 1. The molecular formula is C22H22N4O2. The van der Waals surface area contributed by atoms with Crippen LogP contribution < -0.4 is 10.3 Å². The molecule has 0 amide bonds. The van der Waals surface area contributed by atoms with Crippen molar-refractivity contribution in [2.24, 2.45) is 0 Å². The molecule has 0 saturated heterocycles. The molecule has 0 aliphatic carbocycles. The van der Waals surface area contributed by atoms with E-state index < -0.39 is 0 Å². The van der Waals surface area contributed by atoms with Crippen molar-refractivity contribution in [3.8, 4) is 5.75 Å². The highest BCUT2D eigenvalue weighted by molar-refractivity contribution is 5.73. The number of hydrogen-bond donors (Lipinski definition) is 1. The first-order valence-corrected chi connectivity index (χ1v) is 9.32. The highest BCUT2D eigenvalue weighted by atomic mass is 16.5. The summed E-state index contributed by atoms with van der Waals surface area (Å²) in [6.07, 6.45) is 2.11. The van der Waals surface area contributed by atoms with Crippen molar-refractivity contribution in [3.05, 3.63) is 88.1 Å². The van der Waals surface area contributed by atoms with Crippen LogP contribution in [0.15, 0.2) is 65.6 Å². The second-order valence-corrected chi connectivity index (χ2v) is 7.03. The molecule has 142 valence electrons. The molecular weight excluding hydrogens is 352 g/mol. The van der Waals surface area contributed by atoms with Crippen LogP contribution >= 0.6 is 0 Å². The van der Waals surface area contributed by atoms with Gasteiger partial charge in [0.15, 0.2) is 5.65 Å². The van der Waals surface area contributed by atoms with Crippen LogP contribution in [0.25, 0.3) is 11.0 Å². The zero-order valence-corrected chi connectivity index (χ0v) is 15.9. The molecule has 4 aromatic rings. The van der Waals surface area contributed by atoms with Gasteiger partial charge in [-0.1, -0.05) is 42.5 Å². The van der Waals surface area contributed by atoms with Crippen molar-refractivity contribution in [2.45, 2.75) is 32.9 Å². The monoisotopic (exact) mass is 374 g/mol. The predicted octanol–water partition coefficient (Wildman–Crippen LogP) is 3.87. The topological polar surface area (TPSA) is 72.8 Å². The van der Waals surface area contributed by atoms with E-state index in [1.54, 1.807) is 10.9 Å². The fourth-order valence-electron chi connectivity index (χ4n) is 3.08. The Bertz CT molecular complexity index is 1130. The standard InChI is InChI=1S/C22H22N4O2/c1-15(2)26-21-19(13-23-26)22(27)25-20(24-21)12-16-8-10-18(11-9-16)28-14-17-6-4-3-5-7-17/h3-11,13,15H,12,14H2,1-2H3,(H,24,25,27). The molecule has 6 heteroatoms. The number of benzene rings is 2. The Morgan fingerprint density at radius 1 is 1.04 bits per heavy atom. The minimum atomic E-state index is -0.158. The van der Waals surface area contributed by atoms with Gasteiger partial charge in [-0.2, -0.15) is 5.10 Å². The third kappa shape index (κ3) is 3.81. The summed E-state index contributed by atoms with van der Waals surface area (Å²) in [6.45, 7) is 4.57. The number of nitrogens with one attached hydrogen (secondary N) is 1. The molecule has 28 heavy (non-hydrogen) atoms. The van der Waals surface area contributed by atoms with Crippen molar-refractivity contribution < 1.29 is 4.74 Å². The van der Waals surface area contributed by atoms with Gasteiger partial charge in [-0.25, -0.2) is 9.67 Å². The Hall–Kier alpha value is -3.41. The number of rotatable bonds is 6. The largest absolute Gasteiger partial charge is 0.489 e. The van der Waals surface area contributed by atoms with Crippen LogP contribution in [0.3, 0.4) is 0 Å². The second kappa shape index (κ2) is 7.68. The summed E-state index contributed by atoms with van der Waals surface area (Å²) >= 11 is 0. The van der Waals surface area contributed by atoms with E-state index in [2.05, 4.69) is 15.1 Å². The highest BCUT2D eigenvalue weighted by Gasteiger charge is 2.12. The first kappa shape index (κ1) is 18.0. The van der Waals surface area contributed by atoms with Gasteiger partial charge < -0.3 is 9.72 Å². The molecule has 6 nitrogen and oxygen atoms in total. The van der Waals surface area contributed by atoms with Crippen molar-refractivity contribution in [3.63, 3.8) is 0 Å². The van der Waals surface area contributed by atoms with Crippen LogP contribution in [0.2, 0.25) is 0 Å². The number of aromatic amines is 1. The summed E-state index contributed by atoms with van der Waals surface area (Å²) in [5.41, 5.74) is 2.64. The second-order valence-electron chi connectivity index (χ2n) is 7.03. The Balaban J connectivity index is 1.50. The Morgan fingerprint density at radius 2 is 1.79 bits per heavy atom. The first-order valence-electron chi connectivity index (χ1n) is 9.32. The first-order chi connectivity index (χ1) is 13.6. The lowest BCUT2D eigenvalue weighted by atomic mass is 10.1. The highest BCUT2D eigenvalue weighted by Crippen LogP contribution is 2.17. The smallest absolute Gasteiger partial charge is 0.262 e. The quantitative estimate of drug-likeness (QED) is 0.556. The lowest BCUT2D eigenvalue weighted by molar-refractivity contribution is 0.306. The Morgan fingerprint density at radius 3 is 2.50 bits per heavy atom. The van der Waals surface area contributed by atoms with Gasteiger partial charge in [-0.3, -0.25) is 4.79 Å². The van der Waals surface area contributed by atoms with Gasteiger partial charge in [0.05, 0.1) is 6.20 Å². The fraction of sp³-hybridized carbons (Fsp3) is 0.227. The van der Waals surface area contributed by atoms with Gasteiger partial charge in [0.25, 0.3) is 5.56 Å². The zero-order chi connectivity index (χ0) is 19.5. The van der Waals surface area contributed by atoms with E-state index in [-0.39, 0.29) is 11.6 Å². The minimum absolute atomic E-state index is 0.140. The molecule has 0 unspecified atom stereocenters. The third-order valence-electron chi connectivity index (χ3n) is 4.54. The summed E-state index contributed by atoms with van der Waals surface area (Å²) in [4.78, 5) is 19.8. The molecule has 0 saturated carbocycles. The molecule has 0 atom stereocenters. The maximum atomic E-state index is 12.3. The van der Waals surface area contributed by atoms with E-state index in [1.807, 2.05) is 68.4 Å². The van der Waals surface area contributed by atoms with Crippen molar-refractivity contribution in [2.75, 3.05) is 0 Å². The fourth-order valence-corrected chi connectivity index (χ4v) is 3.08. The number of H-pyrrole nitrogens is 1. The summed E-state index contributed by atoms with van der Waals surface area (Å²) in [5, 5.41) is 4.79. The summed E-state index contributed by atoms with van der Waals surface area (Å²) in [6, 6.07) is 18.1. The lowest BCUT2D eigenvalue weighted by Gasteiger charge is -2.08. The van der Waals surface area contributed by atoms with E-state index in [1.165, 1.54) is 0 Å².